The van der Waals surface area contributed by atoms with Gasteiger partial charge in [0.05, 0.1) is 11.5 Å². The third-order valence-electron chi connectivity index (χ3n) is 2.75. The van der Waals surface area contributed by atoms with Crippen molar-refractivity contribution in [3.63, 3.8) is 0 Å². The van der Waals surface area contributed by atoms with Gasteiger partial charge >= 0.3 is 0 Å². The van der Waals surface area contributed by atoms with Gasteiger partial charge in [-0.15, -0.1) is 0 Å². The van der Waals surface area contributed by atoms with Crippen molar-refractivity contribution in [1.29, 1.82) is 0 Å². The number of rotatable bonds is 2. The maximum atomic E-state index is 11.4. The Morgan fingerprint density at radius 3 is 2.62 bits per heavy atom. The first kappa shape index (κ1) is 10.6. The van der Waals surface area contributed by atoms with Crippen molar-refractivity contribution < 1.29 is 4.79 Å². The van der Waals surface area contributed by atoms with Crippen LogP contribution in [0, 0.1) is 5.92 Å². The maximum Gasteiger partial charge on any atom is 0.227 e. The van der Waals surface area contributed by atoms with Gasteiger partial charge in [0.15, 0.2) is 0 Å². The molecule has 2 unspecified atom stereocenters. The van der Waals surface area contributed by atoms with E-state index in [0.717, 1.165) is 5.56 Å². The SMILES string of the molecule is NC(=O)C1C=CN=CC1(N)c1ccccc1. The number of nitrogens with zero attached hydrogens (tertiary/aromatic N) is 1. The topological polar surface area (TPSA) is 81.5 Å². The molecule has 4 N–H and O–H groups in total. The first-order chi connectivity index (χ1) is 7.64. The van der Waals surface area contributed by atoms with E-state index in [1.54, 1.807) is 18.5 Å². The second kappa shape index (κ2) is 3.90. The molecule has 0 aliphatic carbocycles. The van der Waals surface area contributed by atoms with Gasteiger partial charge in [-0.2, -0.15) is 0 Å². The molecule has 0 spiro atoms. The zero-order chi connectivity index (χ0) is 11.6. The minimum absolute atomic E-state index is 0.450. The summed E-state index contributed by atoms with van der Waals surface area (Å²) in [4.78, 5) is 15.4. The molecule has 82 valence electrons. The van der Waals surface area contributed by atoms with Crippen LogP contribution in [0.25, 0.3) is 0 Å². The minimum atomic E-state index is -0.943. The fourth-order valence-electron chi connectivity index (χ4n) is 1.85. The van der Waals surface area contributed by atoms with E-state index in [2.05, 4.69) is 4.99 Å². The van der Waals surface area contributed by atoms with Crippen LogP contribution < -0.4 is 11.5 Å². The molecule has 1 aromatic rings. The number of amides is 1. The quantitative estimate of drug-likeness (QED) is 0.755. The zero-order valence-corrected chi connectivity index (χ0v) is 8.71. The van der Waals surface area contributed by atoms with E-state index in [1.165, 1.54) is 0 Å². The summed E-state index contributed by atoms with van der Waals surface area (Å²) in [5.41, 5.74) is 11.5. The lowest BCUT2D eigenvalue weighted by Crippen LogP contribution is -2.51. The Morgan fingerprint density at radius 1 is 1.31 bits per heavy atom. The summed E-state index contributed by atoms with van der Waals surface area (Å²) in [5.74, 6) is -1.01. The third kappa shape index (κ3) is 1.63. The molecule has 1 aliphatic heterocycles. The van der Waals surface area contributed by atoms with Crippen molar-refractivity contribution >= 4 is 12.1 Å². The van der Waals surface area contributed by atoms with Crippen LogP contribution in [-0.4, -0.2) is 12.1 Å². The standard InChI is InChI=1S/C12H13N3O/c13-11(16)10-6-7-15-8-12(10,14)9-4-2-1-3-5-9/h1-8,10H,14H2,(H2,13,16). The van der Waals surface area contributed by atoms with Crippen LogP contribution in [0.15, 0.2) is 47.6 Å². The normalized spacial score (nSPS) is 27.9. The van der Waals surface area contributed by atoms with E-state index >= 15 is 0 Å². The molecule has 16 heavy (non-hydrogen) atoms. The number of carbonyl (C=O) groups excluding carboxylic acids is 1. The highest BCUT2D eigenvalue weighted by Crippen LogP contribution is 2.28. The van der Waals surface area contributed by atoms with E-state index in [4.69, 9.17) is 11.5 Å². The molecule has 4 nitrogen and oxygen atoms in total. The Morgan fingerprint density at radius 2 is 2.00 bits per heavy atom. The van der Waals surface area contributed by atoms with Gasteiger partial charge in [-0.1, -0.05) is 36.4 Å². The lowest BCUT2D eigenvalue weighted by atomic mass is 9.78. The number of aliphatic imine (C=N–C) groups is 1. The van der Waals surface area contributed by atoms with E-state index in [0.29, 0.717) is 0 Å². The number of hydrogen-bond acceptors (Lipinski definition) is 3. The monoisotopic (exact) mass is 215 g/mol. The van der Waals surface area contributed by atoms with Gasteiger partial charge < -0.3 is 11.5 Å². The Hall–Kier alpha value is -1.94. The molecule has 1 amide bonds. The van der Waals surface area contributed by atoms with Crippen LogP contribution in [0.1, 0.15) is 5.56 Å². The third-order valence-corrected chi connectivity index (χ3v) is 2.75. The molecule has 1 heterocycles. The summed E-state index contributed by atoms with van der Waals surface area (Å²) < 4.78 is 0. The molecule has 1 aliphatic rings. The van der Waals surface area contributed by atoms with Crippen molar-refractivity contribution in [3.8, 4) is 0 Å². The lowest BCUT2D eigenvalue weighted by molar-refractivity contribution is -0.121. The fraction of sp³-hybridized carbons (Fsp3) is 0.167. The smallest absolute Gasteiger partial charge is 0.227 e. The largest absolute Gasteiger partial charge is 0.369 e. The molecule has 2 atom stereocenters. The predicted octanol–water partition coefficient (Wildman–Crippen LogP) is 0.540. The highest BCUT2D eigenvalue weighted by molar-refractivity contribution is 5.89. The minimum Gasteiger partial charge on any atom is -0.369 e. The fourth-order valence-corrected chi connectivity index (χ4v) is 1.85. The molecule has 0 bridgehead atoms. The van der Waals surface area contributed by atoms with Crippen LogP contribution in [0.3, 0.4) is 0 Å². The van der Waals surface area contributed by atoms with Crippen molar-refractivity contribution in [2.24, 2.45) is 22.4 Å². The second-order valence-corrected chi connectivity index (χ2v) is 3.80. The summed E-state index contributed by atoms with van der Waals surface area (Å²) in [7, 11) is 0. The molecule has 1 aromatic carbocycles. The van der Waals surface area contributed by atoms with Crippen molar-refractivity contribution in [1.82, 2.24) is 0 Å². The summed E-state index contributed by atoms with van der Waals surface area (Å²) in [5, 5.41) is 0. The Balaban J connectivity index is 2.47. The van der Waals surface area contributed by atoms with Crippen LogP contribution in [-0.2, 0) is 10.3 Å². The molecule has 0 saturated heterocycles. The highest BCUT2D eigenvalue weighted by Gasteiger charge is 2.38. The second-order valence-electron chi connectivity index (χ2n) is 3.80. The summed E-state index contributed by atoms with van der Waals surface area (Å²) in [6.45, 7) is 0. The number of carbonyl (C=O) groups is 1. The van der Waals surface area contributed by atoms with Gasteiger partial charge in [0.2, 0.25) is 5.91 Å². The maximum absolute atomic E-state index is 11.4. The molecule has 0 radical (unpaired) electrons. The molecule has 0 saturated carbocycles. The number of hydrogen-bond donors (Lipinski definition) is 2. The Kier molecular flexibility index (Phi) is 2.58. The molecule has 4 heteroatoms. The first-order valence-electron chi connectivity index (χ1n) is 4.99. The van der Waals surface area contributed by atoms with Crippen LogP contribution in [0.2, 0.25) is 0 Å². The van der Waals surface area contributed by atoms with Crippen LogP contribution >= 0.6 is 0 Å². The van der Waals surface area contributed by atoms with E-state index < -0.39 is 17.4 Å². The summed E-state index contributed by atoms with van der Waals surface area (Å²) in [6, 6.07) is 9.35. The zero-order valence-electron chi connectivity index (χ0n) is 8.71. The first-order valence-corrected chi connectivity index (χ1v) is 4.99. The lowest BCUT2D eigenvalue weighted by Gasteiger charge is -2.32. The van der Waals surface area contributed by atoms with Gasteiger partial charge in [0.1, 0.15) is 0 Å². The average Bonchev–Trinajstić information content (AvgIpc) is 2.30. The van der Waals surface area contributed by atoms with E-state index in [-0.39, 0.29) is 0 Å². The van der Waals surface area contributed by atoms with Gasteiger partial charge in [-0.25, -0.2) is 0 Å². The van der Waals surface area contributed by atoms with Crippen molar-refractivity contribution in [2.75, 3.05) is 0 Å². The van der Waals surface area contributed by atoms with Crippen molar-refractivity contribution in [2.45, 2.75) is 5.54 Å². The van der Waals surface area contributed by atoms with Crippen LogP contribution in [0.4, 0.5) is 0 Å². The Labute approximate surface area is 93.7 Å². The van der Waals surface area contributed by atoms with Gasteiger partial charge in [0.25, 0.3) is 0 Å². The number of nitrogens with two attached hydrogens (primary N) is 2. The molecular formula is C12H13N3O. The summed E-state index contributed by atoms with van der Waals surface area (Å²) in [6.07, 6.45) is 4.75. The van der Waals surface area contributed by atoms with Crippen molar-refractivity contribution in [3.05, 3.63) is 48.2 Å². The molecule has 0 aromatic heterocycles. The highest BCUT2D eigenvalue weighted by atomic mass is 16.1. The average molecular weight is 215 g/mol. The summed E-state index contributed by atoms with van der Waals surface area (Å²) >= 11 is 0. The molecule has 2 rings (SSSR count). The van der Waals surface area contributed by atoms with Crippen LogP contribution in [0.5, 0.6) is 0 Å². The number of benzene rings is 1. The van der Waals surface area contributed by atoms with E-state index in [1.807, 2.05) is 30.3 Å². The predicted molar refractivity (Wildman–Crippen MR) is 62.6 cm³/mol. The Bertz CT molecular complexity index is 453. The van der Waals surface area contributed by atoms with Gasteiger partial charge in [-0.05, 0) is 5.56 Å². The number of primary amides is 1. The van der Waals surface area contributed by atoms with Gasteiger partial charge in [0, 0.05) is 12.4 Å². The molecule has 0 fully saturated rings. The molecular weight excluding hydrogens is 202 g/mol. The van der Waals surface area contributed by atoms with E-state index in [9.17, 15) is 4.79 Å². The van der Waals surface area contributed by atoms with Gasteiger partial charge in [-0.3, -0.25) is 9.79 Å².